The van der Waals surface area contributed by atoms with Crippen LogP contribution >= 0.6 is 12.2 Å². The number of amidine groups is 2. The fourth-order valence-corrected chi connectivity index (χ4v) is 2.62. The molecule has 0 aliphatic carbocycles. The van der Waals surface area contributed by atoms with Crippen LogP contribution in [-0.2, 0) is 0 Å². The molecule has 3 rings (SSSR count). The normalized spacial score (nSPS) is 14.9. The Morgan fingerprint density at radius 1 is 1.04 bits per heavy atom. The number of thiocarbonyl (C=S) groups is 1. The molecule has 5 nitrogen and oxygen atoms in total. The summed E-state index contributed by atoms with van der Waals surface area (Å²) >= 11 is 4.85. The van der Waals surface area contributed by atoms with Crippen LogP contribution in [0.1, 0.15) is 11.1 Å². The summed E-state index contributed by atoms with van der Waals surface area (Å²) in [5.74, 6) is -0.587. The number of nitrogens with one attached hydrogen (secondary N) is 1. The molecule has 9 heteroatoms. The fraction of sp³-hybridized carbons (Fsp3) is 0.167. The first-order valence-corrected chi connectivity index (χ1v) is 8.25. The number of nitrogens with zero attached hydrogens (tertiary/aromatic N) is 3. The standard InChI is InChI=1S/C18H15F3N4OS/c1-11-3-7-13(8-4-11)25-15(12-5-9-14(26-2)10-6-12)23-24-17(27)22-16(25)18(19,20)21/h3-10H,1-2H3,(H,24,27). The molecule has 0 bridgehead atoms. The SMILES string of the molecule is COc1ccc(C2=NNC(=S)N=C(C(F)(F)F)N2c2ccc(C)cc2)cc1. The first-order valence-electron chi connectivity index (χ1n) is 7.84. The van der Waals surface area contributed by atoms with Crippen molar-refractivity contribution < 1.29 is 17.9 Å². The summed E-state index contributed by atoms with van der Waals surface area (Å²) < 4.78 is 46.5. The van der Waals surface area contributed by atoms with Gasteiger partial charge in [0.15, 0.2) is 5.84 Å². The molecule has 0 aromatic heterocycles. The van der Waals surface area contributed by atoms with E-state index in [2.05, 4.69) is 15.5 Å². The number of alkyl halides is 3. The van der Waals surface area contributed by atoms with Gasteiger partial charge in [0.1, 0.15) is 5.75 Å². The average molecular weight is 392 g/mol. The lowest BCUT2D eigenvalue weighted by molar-refractivity contribution is -0.0594. The summed E-state index contributed by atoms with van der Waals surface area (Å²) in [4.78, 5) is 4.47. The fourth-order valence-electron chi connectivity index (χ4n) is 2.48. The third kappa shape index (κ3) is 4.08. The smallest absolute Gasteiger partial charge is 0.450 e. The van der Waals surface area contributed by atoms with Crippen molar-refractivity contribution in [2.75, 3.05) is 12.0 Å². The van der Waals surface area contributed by atoms with Gasteiger partial charge in [-0.1, -0.05) is 17.7 Å². The number of ether oxygens (including phenoxy) is 1. The summed E-state index contributed by atoms with van der Waals surface area (Å²) in [7, 11) is 1.51. The maximum atomic E-state index is 13.8. The number of halogens is 3. The zero-order chi connectivity index (χ0) is 19.6. The minimum absolute atomic E-state index is 0.0115. The minimum Gasteiger partial charge on any atom is -0.497 e. The maximum absolute atomic E-state index is 13.8. The second-order valence-electron chi connectivity index (χ2n) is 5.68. The second-order valence-corrected chi connectivity index (χ2v) is 6.07. The third-order valence-corrected chi connectivity index (χ3v) is 3.97. The zero-order valence-corrected chi connectivity index (χ0v) is 15.2. The molecule has 0 saturated heterocycles. The summed E-state index contributed by atoms with van der Waals surface area (Å²) in [6.07, 6.45) is -4.74. The average Bonchev–Trinajstić information content (AvgIpc) is 2.81. The Labute approximate surface area is 159 Å². The van der Waals surface area contributed by atoms with Crippen LogP contribution in [0.3, 0.4) is 0 Å². The van der Waals surface area contributed by atoms with Gasteiger partial charge in [0.05, 0.1) is 7.11 Å². The maximum Gasteiger partial charge on any atom is 0.450 e. The van der Waals surface area contributed by atoms with Crippen LogP contribution in [0.5, 0.6) is 5.75 Å². The Bertz CT molecular complexity index is 906. The molecule has 1 heterocycles. The first-order chi connectivity index (χ1) is 12.8. The number of hydrogen-bond acceptors (Lipinski definition) is 4. The van der Waals surface area contributed by atoms with Crippen molar-refractivity contribution in [1.29, 1.82) is 0 Å². The molecule has 140 valence electrons. The van der Waals surface area contributed by atoms with E-state index < -0.39 is 12.0 Å². The van der Waals surface area contributed by atoms with Gasteiger partial charge in [-0.25, -0.2) is 5.43 Å². The van der Waals surface area contributed by atoms with Gasteiger partial charge in [0.25, 0.3) is 0 Å². The number of rotatable bonds is 3. The molecule has 1 aliphatic rings. The van der Waals surface area contributed by atoms with Crippen LogP contribution in [0.15, 0.2) is 58.6 Å². The summed E-state index contributed by atoms with van der Waals surface area (Å²) in [5.41, 5.74) is 4.00. The molecule has 1 N–H and O–H groups in total. The van der Waals surface area contributed by atoms with Gasteiger partial charge in [-0.05, 0) is 55.5 Å². The topological polar surface area (TPSA) is 49.2 Å². The molecule has 0 atom stereocenters. The van der Waals surface area contributed by atoms with Gasteiger partial charge in [0.2, 0.25) is 10.9 Å². The van der Waals surface area contributed by atoms with Crippen LogP contribution in [0.4, 0.5) is 18.9 Å². The molecule has 2 aromatic rings. The Balaban J connectivity index is 2.19. The number of hydrazone groups is 1. The number of methoxy groups -OCH3 is 1. The van der Waals surface area contributed by atoms with Crippen LogP contribution in [0.25, 0.3) is 0 Å². The van der Waals surface area contributed by atoms with Crippen LogP contribution in [-0.4, -0.2) is 30.1 Å². The number of aliphatic imine (C=N–C) groups is 1. The Morgan fingerprint density at radius 2 is 1.67 bits per heavy atom. The molecule has 0 unspecified atom stereocenters. The van der Waals surface area contributed by atoms with Gasteiger partial charge in [-0.15, -0.1) is 0 Å². The number of benzene rings is 2. The van der Waals surface area contributed by atoms with Gasteiger partial charge in [0, 0.05) is 11.3 Å². The highest BCUT2D eigenvalue weighted by molar-refractivity contribution is 7.80. The van der Waals surface area contributed by atoms with Crippen LogP contribution in [0.2, 0.25) is 0 Å². The Kier molecular flexibility index (Phi) is 5.13. The Hall–Kier alpha value is -2.94. The summed E-state index contributed by atoms with van der Waals surface area (Å²) in [6.45, 7) is 1.85. The number of aryl methyl sites for hydroxylation is 1. The predicted octanol–water partition coefficient (Wildman–Crippen LogP) is 4.02. The molecule has 27 heavy (non-hydrogen) atoms. The molecule has 1 aliphatic heterocycles. The van der Waals surface area contributed by atoms with Gasteiger partial charge >= 0.3 is 6.18 Å². The van der Waals surface area contributed by atoms with E-state index in [-0.39, 0.29) is 16.6 Å². The van der Waals surface area contributed by atoms with E-state index >= 15 is 0 Å². The highest BCUT2D eigenvalue weighted by atomic mass is 32.1. The van der Waals surface area contributed by atoms with E-state index in [1.54, 1.807) is 48.5 Å². The lowest BCUT2D eigenvalue weighted by Gasteiger charge is -2.27. The Morgan fingerprint density at radius 3 is 2.22 bits per heavy atom. The quantitative estimate of drug-likeness (QED) is 0.802. The van der Waals surface area contributed by atoms with Gasteiger partial charge < -0.3 is 4.74 Å². The lowest BCUT2D eigenvalue weighted by Crippen LogP contribution is -2.45. The summed E-state index contributed by atoms with van der Waals surface area (Å²) in [5, 5.41) is 3.70. The highest BCUT2D eigenvalue weighted by Crippen LogP contribution is 2.29. The molecule has 0 saturated carbocycles. The largest absolute Gasteiger partial charge is 0.497 e. The van der Waals surface area contributed by atoms with Crippen molar-refractivity contribution in [3.05, 3.63) is 59.7 Å². The van der Waals surface area contributed by atoms with E-state index in [0.29, 0.717) is 11.3 Å². The summed E-state index contributed by atoms with van der Waals surface area (Å²) in [6, 6.07) is 13.1. The van der Waals surface area contributed by atoms with E-state index in [4.69, 9.17) is 17.0 Å². The van der Waals surface area contributed by atoms with Crippen molar-refractivity contribution >= 4 is 34.7 Å². The molecule has 2 aromatic carbocycles. The third-order valence-electron chi connectivity index (χ3n) is 3.78. The van der Waals surface area contributed by atoms with Crippen LogP contribution < -0.4 is 15.1 Å². The van der Waals surface area contributed by atoms with E-state index in [9.17, 15) is 13.2 Å². The highest BCUT2D eigenvalue weighted by Gasteiger charge is 2.43. The van der Waals surface area contributed by atoms with Crippen molar-refractivity contribution in [3.63, 3.8) is 0 Å². The molecule has 0 amide bonds. The van der Waals surface area contributed by atoms with Gasteiger partial charge in [-0.3, -0.25) is 4.90 Å². The molecular formula is C18H15F3N4OS. The van der Waals surface area contributed by atoms with E-state index in [1.807, 2.05) is 6.92 Å². The first kappa shape index (κ1) is 18.8. The van der Waals surface area contributed by atoms with E-state index in [0.717, 1.165) is 10.5 Å². The number of hydrogen-bond donors (Lipinski definition) is 1. The van der Waals surface area contributed by atoms with Crippen molar-refractivity contribution in [2.45, 2.75) is 13.1 Å². The second kappa shape index (κ2) is 7.36. The van der Waals surface area contributed by atoms with Crippen molar-refractivity contribution in [1.82, 2.24) is 5.43 Å². The van der Waals surface area contributed by atoms with Gasteiger partial charge in [-0.2, -0.15) is 23.3 Å². The molecule has 0 fully saturated rings. The molecular weight excluding hydrogens is 377 g/mol. The van der Waals surface area contributed by atoms with Crippen LogP contribution in [0, 0.1) is 6.92 Å². The van der Waals surface area contributed by atoms with E-state index in [1.165, 1.54) is 7.11 Å². The lowest BCUT2D eigenvalue weighted by atomic mass is 10.1. The monoisotopic (exact) mass is 392 g/mol. The predicted molar refractivity (Wildman–Crippen MR) is 102 cm³/mol. The number of anilines is 1. The minimum atomic E-state index is -4.74. The van der Waals surface area contributed by atoms with Crippen molar-refractivity contribution in [3.8, 4) is 5.75 Å². The molecule has 0 spiro atoms. The molecule has 0 radical (unpaired) electrons. The zero-order valence-electron chi connectivity index (χ0n) is 14.4. The van der Waals surface area contributed by atoms with Crippen molar-refractivity contribution in [2.24, 2.45) is 10.1 Å².